The van der Waals surface area contributed by atoms with Crippen LogP contribution in [0.1, 0.15) is 24.0 Å². The normalized spacial score (nSPS) is 16.6. The van der Waals surface area contributed by atoms with Gasteiger partial charge in [-0.15, -0.1) is 0 Å². The van der Waals surface area contributed by atoms with Gasteiger partial charge in [-0.2, -0.15) is 5.10 Å². The minimum absolute atomic E-state index is 0.185. The number of carbonyl (C=O) groups excluding carboxylic acids is 1. The van der Waals surface area contributed by atoms with Gasteiger partial charge >= 0.3 is 0 Å². The van der Waals surface area contributed by atoms with E-state index in [-0.39, 0.29) is 18.7 Å². The SMILES string of the molecule is O=C(C1CC(F)(F)C1)N1Cc2ccc(-c3nccc(Nc4ccc(-c5cn[nH]c5)cc4)n3)cc2C1. The Bertz CT molecular complexity index is 1380. The maximum Gasteiger partial charge on any atom is 0.249 e. The first-order valence-electron chi connectivity index (χ1n) is 11.4. The van der Waals surface area contributed by atoms with E-state index in [9.17, 15) is 13.6 Å². The number of halogens is 2. The summed E-state index contributed by atoms with van der Waals surface area (Å²) >= 11 is 0. The maximum absolute atomic E-state index is 13.2. The van der Waals surface area contributed by atoms with Gasteiger partial charge in [-0.05, 0) is 41.0 Å². The van der Waals surface area contributed by atoms with E-state index in [0.717, 1.165) is 33.5 Å². The first-order valence-corrected chi connectivity index (χ1v) is 11.4. The van der Waals surface area contributed by atoms with Crippen LogP contribution in [0.3, 0.4) is 0 Å². The van der Waals surface area contributed by atoms with Crippen LogP contribution in [0.2, 0.25) is 0 Å². The van der Waals surface area contributed by atoms with Gasteiger partial charge in [0.2, 0.25) is 11.8 Å². The molecule has 6 rings (SSSR count). The first-order chi connectivity index (χ1) is 16.9. The second kappa shape index (κ2) is 8.26. The molecule has 0 bridgehead atoms. The fourth-order valence-corrected chi connectivity index (χ4v) is 4.65. The summed E-state index contributed by atoms with van der Waals surface area (Å²) in [6.07, 6.45) is 4.63. The molecule has 1 fully saturated rings. The number of carbonyl (C=O) groups is 1. The monoisotopic (exact) mass is 472 g/mol. The lowest BCUT2D eigenvalue weighted by Crippen LogP contribution is -2.45. The highest BCUT2D eigenvalue weighted by molar-refractivity contribution is 5.81. The summed E-state index contributed by atoms with van der Waals surface area (Å²) in [5.41, 5.74) is 5.84. The third-order valence-electron chi connectivity index (χ3n) is 6.58. The predicted octanol–water partition coefficient (Wildman–Crippen LogP) is 5.16. The molecule has 9 heteroatoms. The van der Waals surface area contributed by atoms with Crippen LogP contribution in [-0.4, -0.2) is 36.9 Å². The van der Waals surface area contributed by atoms with E-state index in [2.05, 4.69) is 25.5 Å². The van der Waals surface area contributed by atoms with Crippen molar-refractivity contribution in [3.63, 3.8) is 0 Å². The molecule has 2 aromatic heterocycles. The highest BCUT2D eigenvalue weighted by atomic mass is 19.3. The molecule has 0 saturated heterocycles. The Morgan fingerprint density at radius 1 is 1.00 bits per heavy atom. The van der Waals surface area contributed by atoms with Gasteiger partial charge in [0.05, 0.1) is 6.20 Å². The van der Waals surface area contributed by atoms with Crippen LogP contribution in [0, 0.1) is 5.92 Å². The van der Waals surface area contributed by atoms with E-state index < -0.39 is 11.8 Å². The first kappa shape index (κ1) is 21.4. The quantitative estimate of drug-likeness (QED) is 0.419. The topological polar surface area (TPSA) is 86.8 Å². The fraction of sp³-hybridized carbons (Fsp3) is 0.231. The van der Waals surface area contributed by atoms with E-state index >= 15 is 0 Å². The van der Waals surface area contributed by atoms with Crippen molar-refractivity contribution in [2.24, 2.45) is 5.92 Å². The summed E-state index contributed by atoms with van der Waals surface area (Å²) in [5, 5.41) is 10.1. The van der Waals surface area contributed by atoms with Gasteiger partial charge in [-0.25, -0.2) is 18.7 Å². The van der Waals surface area contributed by atoms with Gasteiger partial charge in [0, 0.05) is 61.1 Å². The third kappa shape index (κ3) is 4.25. The lowest BCUT2D eigenvalue weighted by Gasteiger charge is -2.36. The number of hydrogen-bond donors (Lipinski definition) is 2. The molecule has 0 unspecified atom stereocenters. The minimum atomic E-state index is -2.70. The number of fused-ring (bicyclic) bond motifs is 1. The molecule has 0 atom stereocenters. The molecule has 7 nitrogen and oxygen atoms in total. The number of nitrogens with one attached hydrogen (secondary N) is 2. The molecule has 2 N–H and O–H groups in total. The van der Waals surface area contributed by atoms with Crippen molar-refractivity contribution in [2.45, 2.75) is 31.9 Å². The molecule has 4 aromatic rings. The average molecular weight is 472 g/mol. The summed E-state index contributed by atoms with van der Waals surface area (Å²) in [5.74, 6) is -2.22. The summed E-state index contributed by atoms with van der Waals surface area (Å²) in [6, 6.07) is 15.6. The Kier molecular flexibility index (Phi) is 5.05. The Balaban J connectivity index is 1.15. The zero-order valence-corrected chi connectivity index (χ0v) is 18.7. The Morgan fingerprint density at radius 2 is 1.77 bits per heavy atom. The number of anilines is 2. The van der Waals surface area contributed by atoms with E-state index in [4.69, 9.17) is 0 Å². The zero-order chi connectivity index (χ0) is 24.0. The number of benzene rings is 2. The van der Waals surface area contributed by atoms with Crippen LogP contribution in [-0.2, 0) is 17.9 Å². The van der Waals surface area contributed by atoms with E-state index in [1.807, 2.05) is 48.7 Å². The van der Waals surface area contributed by atoms with Gasteiger partial charge < -0.3 is 10.2 Å². The van der Waals surface area contributed by atoms with Gasteiger partial charge in [0.1, 0.15) is 5.82 Å². The molecular weight excluding hydrogens is 450 g/mol. The van der Waals surface area contributed by atoms with Crippen molar-refractivity contribution in [1.29, 1.82) is 0 Å². The Morgan fingerprint density at radius 3 is 2.51 bits per heavy atom. The molecule has 2 aromatic carbocycles. The molecule has 1 aliphatic carbocycles. The molecule has 176 valence electrons. The number of H-pyrrole nitrogens is 1. The molecule has 1 amide bonds. The van der Waals surface area contributed by atoms with Crippen LogP contribution >= 0.6 is 0 Å². The van der Waals surface area contributed by atoms with E-state index in [0.29, 0.717) is 24.7 Å². The number of aromatic nitrogens is 4. The smallest absolute Gasteiger partial charge is 0.249 e. The molecule has 3 heterocycles. The van der Waals surface area contributed by atoms with Crippen LogP contribution in [0.4, 0.5) is 20.3 Å². The lowest BCUT2D eigenvalue weighted by atomic mass is 9.80. The second-order valence-corrected chi connectivity index (χ2v) is 9.09. The number of hydrogen-bond acceptors (Lipinski definition) is 5. The summed E-state index contributed by atoms with van der Waals surface area (Å²) in [7, 11) is 0. The minimum Gasteiger partial charge on any atom is -0.340 e. The van der Waals surface area contributed by atoms with Gasteiger partial charge in [0.25, 0.3) is 0 Å². The van der Waals surface area contributed by atoms with Crippen LogP contribution in [0.25, 0.3) is 22.5 Å². The van der Waals surface area contributed by atoms with Crippen LogP contribution < -0.4 is 5.32 Å². The molecule has 2 aliphatic rings. The van der Waals surface area contributed by atoms with E-state index in [1.165, 1.54) is 0 Å². The third-order valence-corrected chi connectivity index (χ3v) is 6.58. The highest BCUT2D eigenvalue weighted by Crippen LogP contribution is 2.44. The van der Waals surface area contributed by atoms with Crippen LogP contribution in [0.15, 0.2) is 67.1 Å². The van der Waals surface area contributed by atoms with Crippen molar-refractivity contribution in [1.82, 2.24) is 25.1 Å². The Labute approximate surface area is 200 Å². The molecule has 1 saturated carbocycles. The number of rotatable bonds is 5. The summed E-state index contributed by atoms with van der Waals surface area (Å²) < 4.78 is 26.4. The highest BCUT2D eigenvalue weighted by Gasteiger charge is 2.50. The summed E-state index contributed by atoms with van der Waals surface area (Å²) in [6.45, 7) is 0.874. The maximum atomic E-state index is 13.2. The predicted molar refractivity (Wildman–Crippen MR) is 127 cm³/mol. The lowest BCUT2D eigenvalue weighted by molar-refractivity contribution is -0.160. The Hall–Kier alpha value is -4.14. The van der Waals surface area contributed by atoms with Crippen LogP contribution in [0.5, 0.6) is 0 Å². The molecule has 0 spiro atoms. The standard InChI is InChI=1S/C26H22F2N6O/c27-26(28)10-20(11-26)25(35)34-14-18-2-1-17(9-19(18)15-34)24-29-8-7-23(33-24)32-22-5-3-16(4-6-22)21-12-30-31-13-21/h1-9,12-13,20H,10-11,14-15H2,(H,30,31)(H,29,32,33). The fourth-order valence-electron chi connectivity index (χ4n) is 4.65. The molecule has 35 heavy (non-hydrogen) atoms. The largest absolute Gasteiger partial charge is 0.340 e. The van der Waals surface area contributed by atoms with Crippen molar-refractivity contribution in [3.05, 3.63) is 78.2 Å². The second-order valence-electron chi connectivity index (χ2n) is 9.09. The number of aromatic amines is 1. The molecule has 1 aliphatic heterocycles. The van der Waals surface area contributed by atoms with Crippen molar-refractivity contribution in [2.75, 3.05) is 5.32 Å². The van der Waals surface area contributed by atoms with Gasteiger partial charge in [0.15, 0.2) is 5.82 Å². The zero-order valence-electron chi connectivity index (χ0n) is 18.7. The van der Waals surface area contributed by atoms with Crippen molar-refractivity contribution < 1.29 is 13.6 Å². The van der Waals surface area contributed by atoms with Crippen molar-refractivity contribution >= 4 is 17.4 Å². The van der Waals surface area contributed by atoms with Gasteiger partial charge in [-0.3, -0.25) is 9.89 Å². The molecular formula is C26H22F2N6O. The molecule has 0 radical (unpaired) electrons. The van der Waals surface area contributed by atoms with E-state index in [1.54, 1.807) is 23.4 Å². The summed E-state index contributed by atoms with van der Waals surface area (Å²) in [4.78, 5) is 23.3. The van der Waals surface area contributed by atoms with Gasteiger partial charge in [-0.1, -0.05) is 24.3 Å². The number of amides is 1. The van der Waals surface area contributed by atoms with Crippen molar-refractivity contribution in [3.8, 4) is 22.5 Å². The number of nitrogens with zero attached hydrogens (tertiary/aromatic N) is 4. The number of alkyl halides is 2. The average Bonchev–Trinajstić information content (AvgIpc) is 3.52.